The highest BCUT2D eigenvalue weighted by Gasteiger charge is 2.64. The highest BCUT2D eigenvalue weighted by atomic mass is 19.3. The molecule has 0 rings (SSSR count). The average Bonchev–Trinajstić information content (AvgIpc) is 2.52. The minimum absolute atomic E-state index is 0.0938. The van der Waals surface area contributed by atoms with Gasteiger partial charge in [0.1, 0.15) is 0 Å². The van der Waals surface area contributed by atoms with E-state index in [9.17, 15) is 35.1 Å². The maximum atomic E-state index is 12.8. The van der Waals surface area contributed by atoms with Crippen molar-refractivity contribution in [3.05, 3.63) is 0 Å². The molecule has 0 aromatic carbocycles. The van der Waals surface area contributed by atoms with Crippen LogP contribution in [0.2, 0.25) is 0 Å². The zero-order chi connectivity index (χ0) is 20.7. The molecule has 0 saturated carbocycles. The van der Waals surface area contributed by atoms with Crippen molar-refractivity contribution in [2.24, 2.45) is 0 Å². The van der Waals surface area contributed by atoms with Gasteiger partial charge in [0.2, 0.25) is 0 Å². The van der Waals surface area contributed by atoms with Crippen LogP contribution >= 0.6 is 0 Å². The second-order valence-corrected chi connectivity index (χ2v) is 3.78. The lowest BCUT2D eigenvalue weighted by Gasteiger charge is -2.27. The standard InChI is InChI=1S/C8H11F7O5.C3H7FO2/c9-5-19-8(14,15)20-7(12,13)6(10,11)18-4-3-17-2-1-16;4-3-6-2-1-5/h16H,1-5H2;5H,1-3H2. The molecule has 0 unspecified atom stereocenters. The van der Waals surface area contributed by atoms with Crippen molar-refractivity contribution in [1.29, 1.82) is 0 Å². The molecule has 0 bridgehead atoms. The van der Waals surface area contributed by atoms with E-state index >= 15 is 0 Å². The highest BCUT2D eigenvalue weighted by Crippen LogP contribution is 2.40. The third-order valence-electron chi connectivity index (χ3n) is 1.87. The fourth-order valence-corrected chi connectivity index (χ4v) is 0.900. The van der Waals surface area contributed by atoms with Gasteiger partial charge in [-0.2, -0.15) is 17.6 Å². The van der Waals surface area contributed by atoms with Gasteiger partial charge in [-0.1, -0.05) is 0 Å². The lowest BCUT2D eigenvalue weighted by Crippen LogP contribution is -2.49. The number of hydrogen-bond acceptors (Lipinski definition) is 7. The van der Waals surface area contributed by atoms with Crippen LogP contribution in [0.15, 0.2) is 0 Å². The van der Waals surface area contributed by atoms with Gasteiger partial charge in [0.15, 0.2) is 13.7 Å². The summed E-state index contributed by atoms with van der Waals surface area (Å²) in [7, 11) is 0. The van der Waals surface area contributed by atoms with Gasteiger partial charge < -0.3 is 24.4 Å². The molecule has 0 aromatic rings. The number of rotatable bonds is 14. The van der Waals surface area contributed by atoms with Crippen LogP contribution in [0.25, 0.3) is 0 Å². The summed E-state index contributed by atoms with van der Waals surface area (Å²) in [6, 6.07) is 0. The molecule has 0 fully saturated rings. The Kier molecular flexibility index (Phi) is 15.0. The van der Waals surface area contributed by atoms with Gasteiger partial charge in [-0.15, -0.1) is 8.78 Å². The molecule has 0 heterocycles. The van der Waals surface area contributed by atoms with Gasteiger partial charge in [0.25, 0.3) is 0 Å². The van der Waals surface area contributed by atoms with Gasteiger partial charge >= 0.3 is 18.5 Å². The summed E-state index contributed by atoms with van der Waals surface area (Å²) in [6.45, 7) is -5.46. The molecule has 0 radical (unpaired) electrons. The Labute approximate surface area is 142 Å². The Morgan fingerprint density at radius 2 is 1.15 bits per heavy atom. The minimum Gasteiger partial charge on any atom is -0.394 e. The number of alkyl halides is 8. The second kappa shape index (κ2) is 14.2. The van der Waals surface area contributed by atoms with Crippen molar-refractivity contribution in [2.75, 3.05) is 53.4 Å². The maximum Gasteiger partial charge on any atom is 0.492 e. The van der Waals surface area contributed by atoms with Crippen LogP contribution < -0.4 is 0 Å². The summed E-state index contributed by atoms with van der Waals surface area (Å²) in [5.41, 5.74) is 0. The first kappa shape index (κ1) is 27.4. The van der Waals surface area contributed by atoms with Crippen LogP contribution in [0.5, 0.6) is 0 Å². The summed E-state index contributed by atoms with van der Waals surface area (Å²) in [4.78, 5) is 0. The number of halogens is 8. The monoisotopic (exact) mass is 414 g/mol. The lowest BCUT2D eigenvalue weighted by molar-refractivity contribution is -0.529. The third-order valence-corrected chi connectivity index (χ3v) is 1.87. The van der Waals surface area contributed by atoms with Crippen molar-refractivity contribution in [3.8, 4) is 0 Å². The van der Waals surface area contributed by atoms with Crippen LogP contribution in [-0.2, 0) is 23.7 Å². The second-order valence-electron chi connectivity index (χ2n) is 3.78. The summed E-state index contributed by atoms with van der Waals surface area (Å²) in [6.07, 6.45) is -16.5. The molecule has 0 atom stereocenters. The number of aliphatic hydroxyl groups excluding tert-OH is 2. The van der Waals surface area contributed by atoms with E-state index in [1.165, 1.54) is 0 Å². The van der Waals surface area contributed by atoms with Gasteiger partial charge in [-0.05, 0) is 0 Å². The van der Waals surface area contributed by atoms with Crippen LogP contribution in [0.4, 0.5) is 35.1 Å². The molecule has 2 N–H and O–H groups in total. The van der Waals surface area contributed by atoms with Gasteiger partial charge in [0, 0.05) is 0 Å². The fraction of sp³-hybridized carbons (Fsp3) is 1.00. The molecule has 26 heavy (non-hydrogen) atoms. The molecule has 0 aliphatic rings. The van der Waals surface area contributed by atoms with Crippen molar-refractivity contribution < 1.29 is 69.0 Å². The van der Waals surface area contributed by atoms with Crippen LogP contribution in [-0.4, -0.2) is 82.1 Å². The summed E-state index contributed by atoms with van der Waals surface area (Å²) in [5, 5.41) is 16.2. The van der Waals surface area contributed by atoms with Gasteiger partial charge in [0.05, 0.1) is 39.6 Å². The average molecular weight is 414 g/mol. The van der Waals surface area contributed by atoms with E-state index in [4.69, 9.17) is 10.2 Å². The van der Waals surface area contributed by atoms with Crippen molar-refractivity contribution in [3.63, 3.8) is 0 Å². The van der Waals surface area contributed by atoms with Crippen LogP contribution in [0.1, 0.15) is 0 Å². The molecular weight excluding hydrogens is 396 g/mol. The van der Waals surface area contributed by atoms with Crippen LogP contribution in [0.3, 0.4) is 0 Å². The minimum atomic E-state index is -5.78. The SMILES string of the molecule is OCCOCCOC(F)(F)C(F)(F)OC(F)(F)OCF.OCCOCF. The molecule has 15 heteroatoms. The van der Waals surface area contributed by atoms with E-state index in [1.54, 1.807) is 0 Å². The highest BCUT2D eigenvalue weighted by molar-refractivity contribution is 4.67. The van der Waals surface area contributed by atoms with Crippen molar-refractivity contribution in [2.45, 2.75) is 18.5 Å². The maximum absolute atomic E-state index is 12.8. The number of aliphatic hydroxyl groups is 2. The lowest BCUT2D eigenvalue weighted by atomic mass is 10.5. The van der Waals surface area contributed by atoms with Gasteiger partial charge in [-0.3, -0.25) is 4.74 Å². The van der Waals surface area contributed by atoms with E-state index < -0.39 is 52.1 Å². The predicted molar refractivity (Wildman–Crippen MR) is 65.9 cm³/mol. The molecular formula is C11H18F8O7. The molecule has 0 aliphatic carbocycles. The van der Waals surface area contributed by atoms with E-state index in [2.05, 4.69) is 23.7 Å². The topological polar surface area (TPSA) is 86.6 Å². The number of hydrogen-bond donors (Lipinski definition) is 2. The summed E-state index contributed by atoms with van der Waals surface area (Å²) in [5.74, 6) is 0. The largest absolute Gasteiger partial charge is 0.492 e. The van der Waals surface area contributed by atoms with E-state index in [0.29, 0.717) is 0 Å². The Morgan fingerprint density at radius 1 is 0.615 bits per heavy atom. The molecule has 0 spiro atoms. The third kappa shape index (κ3) is 13.4. The molecule has 0 amide bonds. The summed E-state index contributed by atoms with van der Waals surface area (Å²) >= 11 is 0. The Balaban J connectivity index is 0. The van der Waals surface area contributed by atoms with Gasteiger partial charge in [-0.25, -0.2) is 13.5 Å². The first-order valence-electron chi connectivity index (χ1n) is 6.60. The molecule has 0 aromatic heterocycles. The van der Waals surface area contributed by atoms with Crippen molar-refractivity contribution in [1.82, 2.24) is 0 Å². The molecule has 7 nitrogen and oxygen atoms in total. The Hall–Kier alpha value is -0.840. The van der Waals surface area contributed by atoms with Crippen LogP contribution in [0, 0.1) is 0 Å². The normalized spacial score (nSPS) is 12.7. The van der Waals surface area contributed by atoms with E-state index in [-0.39, 0.29) is 19.8 Å². The van der Waals surface area contributed by atoms with Crippen molar-refractivity contribution >= 4 is 0 Å². The Bertz CT molecular complexity index is 332. The predicted octanol–water partition coefficient (Wildman–Crippen LogP) is 1.63. The molecule has 160 valence electrons. The smallest absolute Gasteiger partial charge is 0.394 e. The zero-order valence-electron chi connectivity index (χ0n) is 13.1. The first-order chi connectivity index (χ1) is 12.0. The fourth-order valence-electron chi connectivity index (χ4n) is 0.900. The van der Waals surface area contributed by atoms with E-state index in [1.807, 2.05) is 0 Å². The summed E-state index contributed by atoms with van der Waals surface area (Å²) < 4.78 is 115. The number of ether oxygens (including phenoxy) is 5. The zero-order valence-corrected chi connectivity index (χ0v) is 13.1. The molecule has 0 saturated heterocycles. The quantitative estimate of drug-likeness (QED) is 0.254. The Morgan fingerprint density at radius 3 is 1.58 bits per heavy atom. The van der Waals surface area contributed by atoms with E-state index in [0.717, 1.165) is 0 Å². The first-order valence-corrected chi connectivity index (χ1v) is 6.60. The molecule has 0 aliphatic heterocycles.